The Bertz CT molecular complexity index is 486. The first-order valence-electron chi connectivity index (χ1n) is 6.05. The maximum atomic E-state index is 11.6. The van der Waals surface area contributed by atoms with Crippen molar-refractivity contribution in [3.05, 3.63) is 33.9 Å². The van der Waals surface area contributed by atoms with Gasteiger partial charge in [-0.15, -0.1) is 0 Å². The van der Waals surface area contributed by atoms with Gasteiger partial charge in [-0.2, -0.15) is 5.26 Å². The molecule has 0 spiro atoms. The summed E-state index contributed by atoms with van der Waals surface area (Å²) in [5, 5.41) is 8.55. The highest BCUT2D eigenvalue weighted by molar-refractivity contribution is 5.78. The van der Waals surface area contributed by atoms with E-state index in [2.05, 4.69) is 33.8 Å². The van der Waals surface area contributed by atoms with Gasteiger partial charge in [-0.05, 0) is 55.5 Å². The van der Waals surface area contributed by atoms with E-state index in [0.29, 0.717) is 6.54 Å². The second kappa shape index (κ2) is 5.68. The number of benzene rings is 1. The molecule has 0 unspecified atom stereocenters. The van der Waals surface area contributed by atoms with E-state index in [0.717, 1.165) is 0 Å². The molecule has 0 heterocycles. The molecule has 0 atom stereocenters. The summed E-state index contributed by atoms with van der Waals surface area (Å²) in [6.45, 7) is 8.91. The number of carbonyl (C=O) groups is 1. The Hall–Kier alpha value is -1.82. The van der Waals surface area contributed by atoms with Gasteiger partial charge in [0, 0.05) is 13.6 Å². The number of rotatable bonds is 3. The number of carbonyl (C=O) groups excluding carboxylic acids is 1. The van der Waals surface area contributed by atoms with Crippen LogP contribution in [-0.2, 0) is 11.3 Å². The molecule has 0 aliphatic rings. The van der Waals surface area contributed by atoms with E-state index >= 15 is 0 Å². The largest absolute Gasteiger partial charge is 0.341 e. The second-order valence-corrected chi connectivity index (χ2v) is 4.82. The molecule has 0 aromatic heterocycles. The van der Waals surface area contributed by atoms with Gasteiger partial charge in [-0.25, -0.2) is 0 Å². The lowest BCUT2D eigenvalue weighted by Crippen LogP contribution is -2.26. The molecule has 0 fully saturated rings. The SMILES string of the molecule is Cc1cc(C)c(C)c(CN(C)C(=O)CC#N)c1C. The van der Waals surface area contributed by atoms with Crippen LogP contribution in [0.2, 0.25) is 0 Å². The van der Waals surface area contributed by atoms with E-state index in [1.54, 1.807) is 11.9 Å². The van der Waals surface area contributed by atoms with Crippen molar-refractivity contribution < 1.29 is 4.79 Å². The van der Waals surface area contributed by atoms with Crippen molar-refractivity contribution >= 4 is 5.91 Å². The highest BCUT2D eigenvalue weighted by Gasteiger charge is 2.13. The molecule has 0 aliphatic carbocycles. The van der Waals surface area contributed by atoms with Crippen LogP contribution >= 0.6 is 0 Å². The van der Waals surface area contributed by atoms with Crippen LogP contribution in [0.25, 0.3) is 0 Å². The van der Waals surface area contributed by atoms with Crippen molar-refractivity contribution in [1.82, 2.24) is 4.90 Å². The Kier molecular flexibility index (Phi) is 4.49. The summed E-state index contributed by atoms with van der Waals surface area (Å²) in [7, 11) is 1.75. The van der Waals surface area contributed by atoms with E-state index in [1.165, 1.54) is 27.8 Å². The second-order valence-electron chi connectivity index (χ2n) is 4.82. The van der Waals surface area contributed by atoms with Gasteiger partial charge >= 0.3 is 0 Å². The van der Waals surface area contributed by atoms with E-state index in [1.807, 2.05) is 6.07 Å². The van der Waals surface area contributed by atoms with E-state index in [4.69, 9.17) is 5.26 Å². The van der Waals surface area contributed by atoms with Crippen molar-refractivity contribution in [3.63, 3.8) is 0 Å². The number of nitriles is 1. The molecule has 18 heavy (non-hydrogen) atoms. The predicted octanol–water partition coefficient (Wildman–Crippen LogP) is 2.79. The average Bonchev–Trinajstić information content (AvgIpc) is 2.32. The van der Waals surface area contributed by atoms with Crippen LogP contribution < -0.4 is 0 Å². The quantitative estimate of drug-likeness (QED) is 0.820. The summed E-state index contributed by atoms with van der Waals surface area (Å²) in [5.74, 6) is -0.129. The molecule has 0 aliphatic heterocycles. The normalized spacial score (nSPS) is 10.0. The van der Waals surface area contributed by atoms with Gasteiger partial charge in [0.2, 0.25) is 5.91 Å². The molecule has 1 aromatic carbocycles. The topological polar surface area (TPSA) is 44.1 Å². The summed E-state index contributed by atoms with van der Waals surface area (Å²) in [4.78, 5) is 13.3. The molecule has 3 heteroatoms. The Labute approximate surface area is 109 Å². The lowest BCUT2D eigenvalue weighted by molar-refractivity contribution is -0.129. The van der Waals surface area contributed by atoms with Crippen LogP contribution in [0.15, 0.2) is 6.07 Å². The molecule has 3 nitrogen and oxygen atoms in total. The van der Waals surface area contributed by atoms with Crippen LogP contribution in [0, 0.1) is 39.0 Å². The third-order valence-corrected chi connectivity index (χ3v) is 3.57. The maximum absolute atomic E-state index is 11.6. The fraction of sp³-hybridized carbons (Fsp3) is 0.467. The van der Waals surface area contributed by atoms with Crippen LogP contribution in [0.4, 0.5) is 0 Å². The molecule has 0 saturated carbocycles. The highest BCUT2D eigenvalue weighted by atomic mass is 16.2. The third-order valence-electron chi connectivity index (χ3n) is 3.57. The first kappa shape index (κ1) is 14.2. The summed E-state index contributed by atoms with van der Waals surface area (Å²) in [5.41, 5.74) is 6.15. The lowest BCUT2D eigenvalue weighted by Gasteiger charge is -2.21. The molecule has 0 saturated heterocycles. The van der Waals surface area contributed by atoms with Crippen LogP contribution in [-0.4, -0.2) is 17.9 Å². The predicted molar refractivity (Wildman–Crippen MR) is 72.1 cm³/mol. The van der Waals surface area contributed by atoms with E-state index < -0.39 is 0 Å². The average molecular weight is 244 g/mol. The number of amides is 1. The standard InChI is InChI=1S/C15H20N2O/c1-10-8-11(2)13(4)14(12(10)3)9-17(5)15(18)6-7-16/h8H,6,9H2,1-5H3. The van der Waals surface area contributed by atoms with Gasteiger partial charge in [0.1, 0.15) is 6.42 Å². The van der Waals surface area contributed by atoms with Gasteiger partial charge in [0.05, 0.1) is 6.07 Å². The zero-order chi connectivity index (χ0) is 13.9. The van der Waals surface area contributed by atoms with Crippen LogP contribution in [0.5, 0.6) is 0 Å². The minimum absolute atomic E-state index is 0.0562. The summed E-state index contributed by atoms with van der Waals surface area (Å²) in [6.07, 6.45) is -0.0562. The fourth-order valence-electron chi connectivity index (χ4n) is 2.06. The summed E-state index contributed by atoms with van der Waals surface area (Å²) < 4.78 is 0. The van der Waals surface area contributed by atoms with Gasteiger partial charge < -0.3 is 4.90 Å². The Morgan fingerprint density at radius 3 is 2.17 bits per heavy atom. The van der Waals surface area contributed by atoms with Gasteiger partial charge in [0.15, 0.2) is 0 Å². The van der Waals surface area contributed by atoms with Crippen molar-refractivity contribution in [1.29, 1.82) is 5.26 Å². The number of nitrogens with zero attached hydrogens (tertiary/aromatic N) is 2. The van der Waals surface area contributed by atoms with Gasteiger partial charge in [-0.1, -0.05) is 6.07 Å². The first-order valence-corrected chi connectivity index (χ1v) is 6.05. The van der Waals surface area contributed by atoms with Gasteiger partial charge in [-0.3, -0.25) is 4.79 Å². The third kappa shape index (κ3) is 2.89. The van der Waals surface area contributed by atoms with Crippen molar-refractivity contribution in [2.45, 2.75) is 40.7 Å². The Balaban J connectivity index is 3.05. The van der Waals surface area contributed by atoms with Crippen LogP contribution in [0.1, 0.15) is 34.2 Å². The number of hydrogen-bond acceptors (Lipinski definition) is 2. The van der Waals surface area contributed by atoms with Crippen molar-refractivity contribution in [2.24, 2.45) is 0 Å². The molecule has 0 radical (unpaired) electrons. The fourth-order valence-corrected chi connectivity index (χ4v) is 2.06. The van der Waals surface area contributed by atoms with Crippen molar-refractivity contribution in [3.8, 4) is 6.07 Å². The highest BCUT2D eigenvalue weighted by Crippen LogP contribution is 2.22. The molecule has 1 rings (SSSR count). The zero-order valence-corrected chi connectivity index (χ0v) is 11.8. The van der Waals surface area contributed by atoms with Gasteiger partial charge in [0.25, 0.3) is 0 Å². The monoisotopic (exact) mass is 244 g/mol. The lowest BCUT2D eigenvalue weighted by atomic mass is 9.94. The molecule has 1 amide bonds. The molecular weight excluding hydrogens is 224 g/mol. The van der Waals surface area contributed by atoms with Crippen LogP contribution in [0.3, 0.4) is 0 Å². The maximum Gasteiger partial charge on any atom is 0.236 e. The number of aryl methyl sites for hydroxylation is 2. The molecule has 1 aromatic rings. The minimum atomic E-state index is -0.129. The molecule has 96 valence electrons. The Morgan fingerprint density at radius 2 is 1.72 bits per heavy atom. The summed E-state index contributed by atoms with van der Waals surface area (Å²) >= 11 is 0. The zero-order valence-electron chi connectivity index (χ0n) is 11.8. The molecular formula is C15H20N2O. The van der Waals surface area contributed by atoms with E-state index in [-0.39, 0.29) is 12.3 Å². The van der Waals surface area contributed by atoms with E-state index in [9.17, 15) is 4.79 Å². The minimum Gasteiger partial charge on any atom is -0.341 e. The van der Waals surface area contributed by atoms with Crippen molar-refractivity contribution in [2.75, 3.05) is 7.05 Å². The summed E-state index contributed by atoms with van der Waals surface area (Å²) in [6, 6.07) is 4.07. The smallest absolute Gasteiger partial charge is 0.236 e. The molecule has 0 N–H and O–H groups in total. The number of hydrogen-bond donors (Lipinski definition) is 0. The molecule has 0 bridgehead atoms. The first-order chi connectivity index (χ1) is 8.38. The Morgan fingerprint density at radius 1 is 1.22 bits per heavy atom.